The van der Waals surface area contributed by atoms with Gasteiger partial charge in [0.2, 0.25) is 5.91 Å². The van der Waals surface area contributed by atoms with Crippen LogP contribution in [0.4, 0.5) is 5.69 Å². The molecular formula is C13H11BrN2OS. The summed E-state index contributed by atoms with van der Waals surface area (Å²) in [6.07, 6.45) is 4.94. The van der Waals surface area contributed by atoms with E-state index < -0.39 is 0 Å². The molecule has 0 aliphatic carbocycles. The van der Waals surface area contributed by atoms with E-state index in [-0.39, 0.29) is 5.91 Å². The lowest BCUT2D eigenvalue weighted by atomic mass is 10.2. The summed E-state index contributed by atoms with van der Waals surface area (Å²) in [4.78, 5) is 15.8. The summed E-state index contributed by atoms with van der Waals surface area (Å²) in [6.45, 7) is 1.92. The predicted molar refractivity (Wildman–Crippen MR) is 78.7 cm³/mol. The summed E-state index contributed by atoms with van der Waals surface area (Å²) in [5.74, 6) is -0.159. The van der Waals surface area contributed by atoms with Crippen molar-refractivity contribution in [3.05, 3.63) is 50.9 Å². The van der Waals surface area contributed by atoms with E-state index in [9.17, 15) is 4.79 Å². The van der Waals surface area contributed by atoms with Gasteiger partial charge in [0.25, 0.3) is 0 Å². The Hall–Kier alpha value is -1.46. The second kappa shape index (κ2) is 5.93. The van der Waals surface area contributed by atoms with E-state index in [1.54, 1.807) is 23.6 Å². The van der Waals surface area contributed by atoms with Crippen LogP contribution < -0.4 is 5.32 Å². The first-order chi connectivity index (χ1) is 8.65. The van der Waals surface area contributed by atoms with E-state index in [0.29, 0.717) is 0 Å². The van der Waals surface area contributed by atoms with Crippen LogP contribution in [0.15, 0.2) is 39.8 Å². The van der Waals surface area contributed by atoms with Crippen molar-refractivity contribution in [1.29, 1.82) is 0 Å². The van der Waals surface area contributed by atoms with Gasteiger partial charge in [-0.05, 0) is 62.9 Å². The molecule has 2 aromatic heterocycles. The molecule has 0 bridgehead atoms. The minimum Gasteiger partial charge on any atom is -0.321 e. The Morgan fingerprint density at radius 3 is 3.06 bits per heavy atom. The molecule has 0 atom stereocenters. The Balaban J connectivity index is 2.03. The van der Waals surface area contributed by atoms with Gasteiger partial charge in [0.1, 0.15) is 4.60 Å². The number of pyridine rings is 1. The van der Waals surface area contributed by atoms with Crippen LogP contribution >= 0.6 is 27.3 Å². The molecule has 0 fully saturated rings. The van der Waals surface area contributed by atoms with Crippen LogP contribution in [-0.4, -0.2) is 10.9 Å². The Bertz CT molecular complexity index is 579. The molecule has 0 saturated carbocycles. The highest BCUT2D eigenvalue weighted by Crippen LogP contribution is 2.17. The third-order valence-electron chi connectivity index (χ3n) is 2.31. The summed E-state index contributed by atoms with van der Waals surface area (Å²) < 4.78 is 0.756. The van der Waals surface area contributed by atoms with Crippen LogP contribution in [0.5, 0.6) is 0 Å². The number of carbonyl (C=O) groups is 1. The summed E-state index contributed by atoms with van der Waals surface area (Å²) in [5.41, 5.74) is 2.72. The first kappa shape index (κ1) is 13.0. The van der Waals surface area contributed by atoms with E-state index in [2.05, 4.69) is 26.2 Å². The highest BCUT2D eigenvalue weighted by atomic mass is 79.9. The molecule has 0 saturated heterocycles. The van der Waals surface area contributed by atoms with Crippen molar-refractivity contribution in [1.82, 2.24) is 4.98 Å². The fourth-order valence-corrected chi connectivity index (χ4v) is 2.44. The molecule has 0 spiro atoms. The molecule has 1 N–H and O–H groups in total. The molecule has 0 unspecified atom stereocenters. The average Bonchev–Trinajstić information content (AvgIpc) is 2.83. The number of nitrogens with one attached hydrogen (secondary N) is 1. The lowest BCUT2D eigenvalue weighted by Crippen LogP contribution is -2.09. The highest BCUT2D eigenvalue weighted by Gasteiger charge is 2.02. The SMILES string of the molecule is Cc1cc(Br)ncc1NC(=O)C=Cc1ccsc1. The lowest BCUT2D eigenvalue weighted by Gasteiger charge is -2.05. The number of aromatic nitrogens is 1. The van der Waals surface area contributed by atoms with Gasteiger partial charge in [0, 0.05) is 6.08 Å². The Kier molecular flexibility index (Phi) is 4.28. The van der Waals surface area contributed by atoms with E-state index in [1.165, 1.54) is 6.08 Å². The van der Waals surface area contributed by atoms with Gasteiger partial charge in [-0.25, -0.2) is 4.98 Å². The van der Waals surface area contributed by atoms with Gasteiger partial charge in [0.15, 0.2) is 0 Å². The topological polar surface area (TPSA) is 42.0 Å². The van der Waals surface area contributed by atoms with Gasteiger partial charge in [-0.1, -0.05) is 0 Å². The van der Waals surface area contributed by atoms with E-state index >= 15 is 0 Å². The number of hydrogen-bond donors (Lipinski definition) is 1. The number of rotatable bonds is 3. The van der Waals surface area contributed by atoms with Gasteiger partial charge >= 0.3 is 0 Å². The number of anilines is 1. The highest BCUT2D eigenvalue weighted by molar-refractivity contribution is 9.10. The normalized spacial score (nSPS) is 10.8. The van der Waals surface area contributed by atoms with Crippen molar-refractivity contribution in [2.45, 2.75) is 6.92 Å². The lowest BCUT2D eigenvalue weighted by molar-refractivity contribution is -0.111. The van der Waals surface area contributed by atoms with Crippen molar-refractivity contribution < 1.29 is 4.79 Å². The Morgan fingerprint density at radius 2 is 2.39 bits per heavy atom. The van der Waals surface area contributed by atoms with Crippen molar-refractivity contribution in [2.24, 2.45) is 0 Å². The molecule has 2 aromatic rings. The first-order valence-corrected chi connectivity index (χ1v) is 7.02. The summed E-state index contributed by atoms with van der Waals surface area (Å²) in [6, 6.07) is 3.82. The standard InChI is InChI=1S/C13H11BrN2OS/c1-9-6-12(14)15-7-11(9)16-13(17)3-2-10-4-5-18-8-10/h2-8H,1H3,(H,16,17). The second-order valence-corrected chi connectivity index (χ2v) is 5.29. The number of halogens is 1. The molecule has 0 aliphatic rings. The maximum atomic E-state index is 11.7. The van der Waals surface area contributed by atoms with Crippen molar-refractivity contribution >= 4 is 44.9 Å². The zero-order chi connectivity index (χ0) is 13.0. The maximum Gasteiger partial charge on any atom is 0.248 e. The Morgan fingerprint density at radius 1 is 1.56 bits per heavy atom. The minimum absolute atomic E-state index is 0.159. The van der Waals surface area contributed by atoms with Crippen LogP contribution in [0.2, 0.25) is 0 Å². The van der Waals surface area contributed by atoms with Crippen molar-refractivity contribution in [3.63, 3.8) is 0 Å². The molecule has 2 heterocycles. The quantitative estimate of drug-likeness (QED) is 0.688. The first-order valence-electron chi connectivity index (χ1n) is 5.28. The summed E-state index contributed by atoms with van der Waals surface area (Å²) in [7, 11) is 0. The van der Waals surface area contributed by atoms with Crippen molar-refractivity contribution in [2.75, 3.05) is 5.32 Å². The fraction of sp³-hybridized carbons (Fsp3) is 0.0769. The minimum atomic E-state index is -0.159. The molecule has 92 valence electrons. The molecule has 0 aromatic carbocycles. The predicted octanol–water partition coefficient (Wildman–Crippen LogP) is 3.87. The summed E-state index contributed by atoms with van der Waals surface area (Å²) in [5, 5.41) is 6.75. The molecule has 5 heteroatoms. The number of thiophene rings is 1. The maximum absolute atomic E-state index is 11.7. The largest absolute Gasteiger partial charge is 0.321 e. The summed E-state index contributed by atoms with van der Waals surface area (Å²) >= 11 is 4.88. The smallest absolute Gasteiger partial charge is 0.248 e. The number of hydrogen-bond acceptors (Lipinski definition) is 3. The number of aryl methyl sites for hydroxylation is 1. The molecule has 2 rings (SSSR count). The van der Waals surface area contributed by atoms with E-state index in [0.717, 1.165) is 21.4 Å². The number of carbonyl (C=O) groups excluding carboxylic acids is 1. The molecular weight excluding hydrogens is 312 g/mol. The second-order valence-electron chi connectivity index (χ2n) is 3.70. The van der Waals surface area contributed by atoms with Gasteiger partial charge in [-0.2, -0.15) is 11.3 Å². The van der Waals surface area contributed by atoms with Crippen LogP contribution in [-0.2, 0) is 4.79 Å². The van der Waals surface area contributed by atoms with Gasteiger partial charge < -0.3 is 5.32 Å². The molecule has 1 amide bonds. The molecule has 18 heavy (non-hydrogen) atoms. The molecule has 3 nitrogen and oxygen atoms in total. The molecule has 0 radical (unpaired) electrons. The monoisotopic (exact) mass is 322 g/mol. The Labute approximate surface area is 118 Å². The fourth-order valence-electron chi connectivity index (χ4n) is 1.37. The third-order valence-corrected chi connectivity index (χ3v) is 3.44. The van der Waals surface area contributed by atoms with Crippen molar-refractivity contribution in [3.8, 4) is 0 Å². The number of nitrogens with zero attached hydrogens (tertiary/aromatic N) is 1. The van der Waals surface area contributed by atoms with E-state index in [1.807, 2.05) is 29.8 Å². The van der Waals surface area contributed by atoms with Crippen LogP contribution in [0.25, 0.3) is 6.08 Å². The van der Waals surface area contributed by atoms with Gasteiger partial charge in [-0.15, -0.1) is 0 Å². The van der Waals surface area contributed by atoms with Gasteiger partial charge in [0.05, 0.1) is 11.9 Å². The number of amides is 1. The van der Waals surface area contributed by atoms with Crippen LogP contribution in [0, 0.1) is 6.92 Å². The zero-order valence-corrected chi connectivity index (χ0v) is 12.1. The van der Waals surface area contributed by atoms with Crippen LogP contribution in [0.1, 0.15) is 11.1 Å². The van der Waals surface area contributed by atoms with Crippen LogP contribution in [0.3, 0.4) is 0 Å². The molecule has 0 aliphatic heterocycles. The third kappa shape index (κ3) is 3.51. The van der Waals surface area contributed by atoms with Gasteiger partial charge in [-0.3, -0.25) is 4.79 Å². The zero-order valence-electron chi connectivity index (χ0n) is 9.68. The average molecular weight is 323 g/mol. The van der Waals surface area contributed by atoms with E-state index in [4.69, 9.17) is 0 Å².